The number of nitrogens with one attached hydrogen (secondary N) is 2. The number of alkyl halides is 1. The van der Waals surface area contributed by atoms with E-state index in [4.69, 9.17) is 21.1 Å². The van der Waals surface area contributed by atoms with Gasteiger partial charge in [-0.1, -0.05) is 6.07 Å². The molecule has 2 aromatic carbocycles. The maximum atomic E-state index is 13.5. The molecule has 0 unspecified atom stereocenters. The predicted octanol–water partition coefficient (Wildman–Crippen LogP) is 4.19. The van der Waals surface area contributed by atoms with Gasteiger partial charge in [0.05, 0.1) is 14.2 Å². The molecule has 0 spiro atoms. The molecule has 0 radical (unpaired) electrons. The number of nitrogens with zero attached hydrogens (tertiary/aromatic N) is 1. The molecule has 1 heterocycles. The van der Waals surface area contributed by atoms with Crippen LogP contribution in [-0.4, -0.2) is 56.8 Å². The highest BCUT2D eigenvalue weighted by atomic mass is 35.5. The van der Waals surface area contributed by atoms with Crippen molar-refractivity contribution >= 4 is 33.3 Å². The Hall–Kier alpha value is -2.63. The number of carbonyl (C=O) groups is 1. The standard InChI is InChI=1S/C24H28ClF2N3O5S/c1-34-20-6-3-15(11-21(20)35-2)24-8-7-17(13-22(24)30(10-9-24)36(32,33)14-25)29-23(31)28-16-4-5-18(26)19(27)12-16/h3-6,11-12,17,22H,7-10,13-14H2,1-2H3,(H2,28,29,31)/t17-,22+,24-/m0/s1. The summed E-state index contributed by atoms with van der Waals surface area (Å²) in [5, 5.41) is 4.81. The van der Waals surface area contributed by atoms with E-state index in [9.17, 15) is 22.0 Å². The van der Waals surface area contributed by atoms with E-state index in [-0.39, 0.29) is 11.7 Å². The average molecular weight is 544 g/mol. The Balaban J connectivity index is 1.58. The Kier molecular flexibility index (Phi) is 7.63. The molecule has 1 aliphatic carbocycles. The highest BCUT2D eigenvalue weighted by Crippen LogP contribution is 2.51. The Morgan fingerprint density at radius 2 is 1.86 bits per heavy atom. The van der Waals surface area contributed by atoms with E-state index in [1.165, 1.54) is 10.4 Å². The van der Waals surface area contributed by atoms with Crippen LogP contribution in [0.2, 0.25) is 0 Å². The highest BCUT2D eigenvalue weighted by molar-refractivity contribution is 7.90. The molecule has 2 aliphatic rings. The summed E-state index contributed by atoms with van der Waals surface area (Å²) in [7, 11) is -0.624. The van der Waals surface area contributed by atoms with E-state index in [1.807, 2.05) is 12.1 Å². The number of benzene rings is 2. The van der Waals surface area contributed by atoms with Crippen molar-refractivity contribution in [3.8, 4) is 11.5 Å². The summed E-state index contributed by atoms with van der Waals surface area (Å²) < 4.78 is 64.7. The van der Waals surface area contributed by atoms with E-state index in [0.717, 1.165) is 17.7 Å². The topological polar surface area (TPSA) is 97.0 Å². The molecule has 1 saturated carbocycles. The third-order valence-electron chi connectivity index (χ3n) is 7.18. The van der Waals surface area contributed by atoms with Crippen molar-refractivity contribution in [3.63, 3.8) is 0 Å². The van der Waals surface area contributed by atoms with E-state index in [1.54, 1.807) is 20.3 Å². The molecule has 8 nitrogen and oxygen atoms in total. The lowest BCUT2D eigenvalue weighted by atomic mass is 9.65. The third kappa shape index (κ3) is 4.96. The number of hydrogen-bond donors (Lipinski definition) is 2. The Bertz CT molecular complexity index is 1250. The van der Waals surface area contributed by atoms with Crippen LogP contribution in [0.25, 0.3) is 0 Å². The van der Waals surface area contributed by atoms with Crippen molar-refractivity contribution in [1.29, 1.82) is 0 Å². The van der Waals surface area contributed by atoms with E-state index in [2.05, 4.69) is 10.6 Å². The highest BCUT2D eigenvalue weighted by Gasteiger charge is 2.54. The molecule has 0 aromatic heterocycles. The lowest BCUT2D eigenvalue weighted by Gasteiger charge is -2.45. The first-order valence-electron chi connectivity index (χ1n) is 11.4. The van der Waals surface area contributed by atoms with Crippen molar-refractivity contribution in [3.05, 3.63) is 53.6 Å². The molecule has 196 valence electrons. The summed E-state index contributed by atoms with van der Waals surface area (Å²) in [5.74, 6) is -0.964. The van der Waals surface area contributed by atoms with Gasteiger partial charge in [0.25, 0.3) is 0 Å². The number of sulfonamides is 1. The molecular formula is C24H28ClF2N3O5S. The summed E-state index contributed by atoms with van der Waals surface area (Å²) in [6.45, 7) is 0.307. The molecule has 0 bridgehead atoms. The van der Waals surface area contributed by atoms with Crippen LogP contribution < -0.4 is 20.1 Å². The zero-order chi connectivity index (χ0) is 26.1. The fourth-order valence-electron chi connectivity index (χ4n) is 5.44. The van der Waals surface area contributed by atoms with Gasteiger partial charge in [-0.3, -0.25) is 0 Å². The van der Waals surface area contributed by atoms with Crippen LogP contribution in [0.1, 0.15) is 31.2 Å². The molecule has 1 aliphatic heterocycles. The van der Waals surface area contributed by atoms with Gasteiger partial charge >= 0.3 is 6.03 Å². The molecule has 4 rings (SSSR count). The SMILES string of the molecule is COc1ccc([C@@]23CC[C@H](NC(=O)Nc4ccc(F)c(F)c4)C[C@H]2N(S(=O)(=O)CCl)CC3)cc1OC. The first kappa shape index (κ1) is 26.4. The van der Waals surface area contributed by atoms with Gasteiger partial charge in [0, 0.05) is 35.8 Å². The third-order valence-corrected chi connectivity index (χ3v) is 9.43. The second-order valence-corrected chi connectivity index (χ2v) is 11.5. The van der Waals surface area contributed by atoms with Gasteiger partial charge in [0.2, 0.25) is 10.0 Å². The first-order valence-corrected chi connectivity index (χ1v) is 13.6. The second-order valence-electron chi connectivity index (χ2n) is 9.02. The minimum Gasteiger partial charge on any atom is -0.493 e. The van der Waals surface area contributed by atoms with Gasteiger partial charge in [-0.15, -0.1) is 11.6 Å². The number of rotatable bonds is 7. The maximum Gasteiger partial charge on any atom is 0.319 e. The van der Waals surface area contributed by atoms with Crippen LogP contribution in [-0.2, 0) is 15.4 Å². The van der Waals surface area contributed by atoms with Crippen molar-refractivity contribution in [2.45, 2.75) is 43.2 Å². The number of anilines is 1. The fraction of sp³-hybridized carbons (Fsp3) is 0.458. The van der Waals surface area contributed by atoms with Crippen molar-refractivity contribution in [2.75, 3.05) is 31.3 Å². The molecule has 12 heteroatoms. The summed E-state index contributed by atoms with van der Waals surface area (Å²) in [5.41, 5.74) is 0.546. The maximum absolute atomic E-state index is 13.5. The fourth-order valence-corrected chi connectivity index (χ4v) is 6.99. The van der Waals surface area contributed by atoms with Crippen LogP contribution >= 0.6 is 11.6 Å². The van der Waals surface area contributed by atoms with Crippen LogP contribution in [0.5, 0.6) is 11.5 Å². The number of urea groups is 1. The molecule has 2 N–H and O–H groups in total. The molecule has 2 aromatic rings. The number of amides is 2. The lowest BCUT2D eigenvalue weighted by molar-refractivity contribution is 0.184. The van der Waals surface area contributed by atoms with Crippen molar-refractivity contribution in [2.24, 2.45) is 0 Å². The smallest absolute Gasteiger partial charge is 0.319 e. The molecule has 1 saturated heterocycles. The number of carbonyl (C=O) groups excluding carboxylic acids is 1. The summed E-state index contributed by atoms with van der Waals surface area (Å²) >= 11 is 5.81. The summed E-state index contributed by atoms with van der Waals surface area (Å²) in [6.07, 6.45) is 2.15. The van der Waals surface area contributed by atoms with Crippen molar-refractivity contribution in [1.82, 2.24) is 9.62 Å². The zero-order valence-electron chi connectivity index (χ0n) is 19.9. The van der Waals surface area contributed by atoms with Gasteiger partial charge < -0.3 is 20.1 Å². The Labute approximate surface area is 213 Å². The lowest BCUT2D eigenvalue weighted by Crippen LogP contribution is -2.54. The average Bonchev–Trinajstić information content (AvgIpc) is 3.26. The minimum atomic E-state index is -3.71. The van der Waals surface area contributed by atoms with Crippen molar-refractivity contribution < 1.29 is 31.5 Å². The molecule has 3 atom stereocenters. The van der Waals surface area contributed by atoms with E-state index < -0.39 is 44.4 Å². The molecular weight excluding hydrogens is 516 g/mol. The van der Waals surface area contributed by atoms with E-state index >= 15 is 0 Å². The van der Waals surface area contributed by atoms with Gasteiger partial charge in [0.15, 0.2) is 23.1 Å². The van der Waals surface area contributed by atoms with Gasteiger partial charge in [0.1, 0.15) is 5.21 Å². The number of hydrogen-bond acceptors (Lipinski definition) is 5. The predicted molar refractivity (Wildman–Crippen MR) is 132 cm³/mol. The number of ether oxygens (including phenoxy) is 2. The largest absolute Gasteiger partial charge is 0.493 e. The van der Waals surface area contributed by atoms with Gasteiger partial charge in [-0.05, 0) is 55.5 Å². The molecule has 2 amide bonds. The molecule has 36 heavy (non-hydrogen) atoms. The Morgan fingerprint density at radius 3 is 2.53 bits per heavy atom. The minimum absolute atomic E-state index is 0.106. The monoisotopic (exact) mass is 543 g/mol. The molecule has 2 fully saturated rings. The quantitative estimate of drug-likeness (QED) is 0.510. The second kappa shape index (κ2) is 10.4. The zero-order valence-corrected chi connectivity index (χ0v) is 21.5. The van der Waals surface area contributed by atoms with Crippen LogP contribution in [0.15, 0.2) is 36.4 Å². The van der Waals surface area contributed by atoms with Crippen LogP contribution in [0.4, 0.5) is 19.3 Å². The van der Waals surface area contributed by atoms with Crippen LogP contribution in [0.3, 0.4) is 0 Å². The van der Waals surface area contributed by atoms with Gasteiger partial charge in [-0.25, -0.2) is 22.0 Å². The number of halogens is 3. The Morgan fingerprint density at radius 1 is 1.11 bits per heavy atom. The summed E-state index contributed by atoms with van der Waals surface area (Å²) in [6, 6.07) is 7.31. The number of methoxy groups -OCH3 is 2. The number of fused-ring (bicyclic) bond motifs is 1. The van der Waals surface area contributed by atoms with Gasteiger partial charge in [-0.2, -0.15) is 4.31 Å². The normalized spacial score (nSPS) is 24.1. The summed E-state index contributed by atoms with van der Waals surface area (Å²) in [4.78, 5) is 12.6. The van der Waals surface area contributed by atoms with Crippen LogP contribution in [0, 0.1) is 11.6 Å². The first-order chi connectivity index (χ1) is 17.1. The van der Waals surface area contributed by atoms with E-state index in [0.29, 0.717) is 43.7 Å².